The molecule has 2 N–H and O–H groups in total. The van der Waals surface area contributed by atoms with Crippen LogP contribution in [0.4, 0.5) is 0 Å². The van der Waals surface area contributed by atoms with E-state index in [0.29, 0.717) is 11.6 Å². The Morgan fingerprint density at radius 2 is 1.72 bits per heavy atom. The molecular weight excluding hydrogens is 312 g/mol. The third-order valence-electron chi connectivity index (χ3n) is 4.68. The summed E-state index contributed by atoms with van der Waals surface area (Å²) in [6, 6.07) is 13.5. The Morgan fingerprint density at radius 3 is 2.28 bits per heavy atom. The Kier molecular flexibility index (Phi) is 4.88. The molecule has 1 aliphatic carbocycles. The molecule has 0 aromatic heterocycles. The number of carbonyl (C=O) groups is 2. The first kappa shape index (κ1) is 17.2. The summed E-state index contributed by atoms with van der Waals surface area (Å²) < 4.78 is 0. The van der Waals surface area contributed by atoms with Gasteiger partial charge < -0.3 is 10.6 Å². The molecular formula is C21H24N2O2. The fourth-order valence-corrected chi connectivity index (χ4v) is 3.12. The molecule has 2 aromatic rings. The molecule has 4 heteroatoms. The summed E-state index contributed by atoms with van der Waals surface area (Å²) in [4.78, 5) is 26.2. The van der Waals surface area contributed by atoms with Crippen LogP contribution in [0.1, 0.15) is 52.5 Å². The van der Waals surface area contributed by atoms with Crippen LogP contribution in [0, 0.1) is 6.92 Å². The predicted octanol–water partition coefficient (Wildman–Crippen LogP) is 3.78. The molecule has 2 amide bonds. The van der Waals surface area contributed by atoms with Crippen LogP contribution in [0.25, 0.3) is 11.1 Å². The molecule has 0 unspecified atom stereocenters. The second-order valence-corrected chi connectivity index (χ2v) is 6.70. The second kappa shape index (κ2) is 7.09. The van der Waals surface area contributed by atoms with Crippen LogP contribution in [0.2, 0.25) is 0 Å². The first-order valence-corrected chi connectivity index (χ1v) is 8.83. The maximum atomic E-state index is 12.9. The minimum Gasteiger partial charge on any atom is -0.366 e. The van der Waals surface area contributed by atoms with Crippen LogP contribution in [-0.2, 0) is 0 Å². The molecule has 4 nitrogen and oxygen atoms in total. The first-order chi connectivity index (χ1) is 12.0. The van der Waals surface area contributed by atoms with Crippen molar-refractivity contribution in [3.63, 3.8) is 0 Å². The standard InChI is InChI=1S/C21H24N2O2/c1-3-12-23(18-10-11-18)21(25)17-5-4-14(2)19(13-17)15-6-8-16(9-7-15)20(22)24/h4-9,13,18H,3,10-12H2,1-2H3,(H2,22,24). The van der Waals surface area contributed by atoms with Gasteiger partial charge in [0.2, 0.25) is 5.91 Å². The Labute approximate surface area is 148 Å². The molecule has 0 aliphatic heterocycles. The first-order valence-electron chi connectivity index (χ1n) is 8.83. The summed E-state index contributed by atoms with van der Waals surface area (Å²) in [5, 5.41) is 0. The van der Waals surface area contributed by atoms with Crippen LogP contribution >= 0.6 is 0 Å². The molecule has 0 spiro atoms. The number of benzene rings is 2. The van der Waals surface area contributed by atoms with E-state index in [1.807, 2.05) is 42.2 Å². The maximum absolute atomic E-state index is 12.9. The van der Waals surface area contributed by atoms with Crippen molar-refractivity contribution in [1.29, 1.82) is 0 Å². The number of amides is 2. The average molecular weight is 336 g/mol. The van der Waals surface area contributed by atoms with Gasteiger partial charge in [0.05, 0.1) is 0 Å². The van der Waals surface area contributed by atoms with Crippen LogP contribution in [-0.4, -0.2) is 29.3 Å². The summed E-state index contributed by atoms with van der Waals surface area (Å²) in [6.07, 6.45) is 3.19. The number of hydrogen-bond donors (Lipinski definition) is 1. The molecule has 25 heavy (non-hydrogen) atoms. The van der Waals surface area contributed by atoms with Crippen molar-refractivity contribution in [2.45, 2.75) is 39.2 Å². The van der Waals surface area contributed by atoms with Gasteiger partial charge in [-0.1, -0.05) is 25.1 Å². The number of rotatable bonds is 6. The summed E-state index contributed by atoms with van der Waals surface area (Å²) in [5.74, 6) is -0.328. The minimum atomic E-state index is -0.438. The third kappa shape index (κ3) is 3.73. The lowest BCUT2D eigenvalue weighted by atomic mass is 9.96. The van der Waals surface area contributed by atoms with Gasteiger partial charge in [-0.05, 0) is 67.1 Å². The van der Waals surface area contributed by atoms with Crippen molar-refractivity contribution >= 4 is 11.8 Å². The predicted molar refractivity (Wildman–Crippen MR) is 99.5 cm³/mol. The van der Waals surface area contributed by atoms with E-state index < -0.39 is 5.91 Å². The van der Waals surface area contributed by atoms with Crippen LogP contribution < -0.4 is 5.73 Å². The van der Waals surface area contributed by atoms with Crippen molar-refractivity contribution in [2.75, 3.05) is 6.54 Å². The molecule has 1 saturated carbocycles. The highest BCUT2D eigenvalue weighted by molar-refractivity contribution is 5.96. The van der Waals surface area contributed by atoms with Crippen molar-refractivity contribution < 1.29 is 9.59 Å². The van der Waals surface area contributed by atoms with Gasteiger partial charge in [0.25, 0.3) is 5.91 Å². The van der Waals surface area contributed by atoms with Gasteiger partial charge in [-0.3, -0.25) is 9.59 Å². The van der Waals surface area contributed by atoms with E-state index in [-0.39, 0.29) is 5.91 Å². The molecule has 2 aromatic carbocycles. The number of primary amides is 1. The van der Waals surface area contributed by atoms with Crippen LogP contribution in [0.3, 0.4) is 0 Å². The average Bonchev–Trinajstić information content (AvgIpc) is 3.44. The van der Waals surface area contributed by atoms with Crippen molar-refractivity contribution in [2.24, 2.45) is 5.73 Å². The second-order valence-electron chi connectivity index (χ2n) is 6.70. The highest BCUT2D eigenvalue weighted by atomic mass is 16.2. The normalized spacial score (nSPS) is 13.5. The van der Waals surface area contributed by atoms with Crippen molar-refractivity contribution in [3.8, 4) is 11.1 Å². The molecule has 0 bridgehead atoms. The van der Waals surface area contributed by atoms with Gasteiger partial charge in [-0.15, -0.1) is 0 Å². The lowest BCUT2D eigenvalue weighted by Crippen LogP contribution is -2.33. The van der Waals surface area contributed by atoms with E-state index >= 15 is 0 Å². The third-order valence-corrected chi connectivity index (χ3v) is 4.68. The fourth-order valence-electron chi connectivity index (χ4n) is 3.12. The minimum absolute atomic E-state index is 0.111. The lowest BCUT2D eigenvalue weighted by Gasteiger charge is -2.22. The van der Waals surface area contributed by atoms with Gasteiger partial charge in [0.1, 0.15) is 0 Å². The Bertz CT molecular complexity index is 792. The molecule has 3 rings (SSSR count). The van der Waals surface area contributed by atoms with Gasteiger partial charge >= 0.3 is 0 Å². The molecule has 0 saturated heterocycles. The summed E-state index contributed by atoms with van der Waals surface area (Å²) >= 11 is 0. The highest BCUT2D eigenvalue weighted by Gasteiger charge is 2.32. The highest BCUT2D eigenvalue weighted by Crippen LogP contribution is 2.30. The largest absolute Gasteiger partial charge is 0.366 e. The Hall–Kier alpha value is -2.62. The smallest absolute Gasteiger partial charge is 0.254 e. The van der Waals surface area contributed by atoms with Gasteiger partial charge in [0.15, 0.2) is 0 Å². The van der Waals surface area contributed by atoms with E-state index in [9.17, 15) is 9.59 Å². The molecule has 0 heterocycles. The van der Waals surface area contributed by atoms with E-state index in [4.69, 9.17) is 5.73 Å². The molecule has 0 radical (unpaired) electrons. The SMILES string of the molecule is CCCN(C(=O)c1ccc(C)c(-c2ccc(C(N)=O)cc2)c1)C1CC1. The monoisotopic (exact) mass is 336 g/mol. The number of carbonyl (C=O) groups excluding carboxylic acids is 2. The summed E-state index contributed by atoms with van der Waals surface area (Å²) in [6.45, 7) is 4.93. The fraction of sp³-hybridized carbons (Fsp3) is 0.333. The maximum Gasteiger partial charge on any atom is 0.254 e. The number of aryl methyl sites for hydroxylation is 1. The lowest BCUT2D eigenvalue weighted by molar-refractivity contribution is 0.0743. The Morgan fingerprint density at radius 1 is 1.08 bits per heavy atom. The van der Waals surface area contributed by atoms with Crippen LogP contribution in [0.15, 0.2) is 42.5 Å². The summed E-state index contributed by atoms with van der Waals surface area (Å²) in [5.41, 5.74) is 9.59. The zero-order valence-corrected chi connectivity index (χ0v) is 14.8. The number of nitrogens with two attached hydrogens (primary N) is 1. The van der Waals surface area contributed by atoms with Gasteiger partial charge in [-0.25, -0.2) is 0 Å². The topological polar surface area (TPSA) is 63.4 Å². The zero-order chi connectivity index (χ0) is 18.0. The molecule has 0 atom stereocenters. The Balaban J connectivity index is 1.92. The van der Waals surface area contributed by atoms with E-state index in [1.54, 1.807) is 12.1 Å². The van der Waals surface area contributed by atoms with E-state index in [2.05, 4.69) is 6.92 Å². The van der Waals surface area contributed by atoms with E-state index in [1.165, 1.54) is 0 Å². The quantitative estimate of drug-likeness (QED) is 0.872. The molecule has 130 valence electrons. The van der Waals surface area contributed by atoms with Crippen LogP contribution in [0.5, 0.6) is 0 Å². The van der Waals surface area contributed by atoms with Crippen molar-refractivity contribution in [1.82, 2.24) is 4.90 Å². The van der Waals surface area contributed by atoms with E-state index in [0.717, 1.165) is 48.1 Å². The number of nitrogens with zero attached hydrogens (tertiary/aromatic N) is 1. The van der Waals surface area contributed by atoms with Gasteiger partial charge in [-0.2, -0.15) is 0 Å². The zero-order valence-electron chi connectivity index (χ0n) is 14.8. The number of hydrogen-bond acceptors (Lipinski definition) is 2. The summed E-state index contributed by atoms with van der Waals surface area (Å²) in [7, 11) is 0. The van der Waals surface area contributed by atoms with Gasteiger partial charge in [0, 0.05) is 23.7 Å². The molecule has 1 fully saturated rings. The molecule has 1 aliphatic rings. The van der Waals surface area contributed by atoms with Crippen molar-refractivity contribution in [3.05, 3.63) is 59.2 Å².